The molecule has 7 heteroatoms. The van der Waals surface area contributed by atoms with Crippen molar-refractivity contribution >= 4 is 23.2 Å². The monoisotopic (exact) mass is 327 g/mol. The molecule has 0 bridgehead atoms. The van der Waals surface area contributed by atoms with Gasteiger partial charge in [0.2, 0.25) is 5.95 Å². The highest BCUT2D eigenvalue weighted by Gasteiger charge is 2.11. The summed E-state index contributed by atoms with van der Waals surface area (Å²) in [5.74, 6) is 0.155. The van der Waals surface area contributed by atoms with Gasteiger partial charge in [0.25, 0.3) is 5.91 Å². The lowest BCUT2D eigenvalue weighted by Gasteiger charge is -2.05. The lowest BCUT2D eigenvalue weighted by molar-refractivity contribution is 0.0958. The number of nitrogens with one attached hydrogen (secondary N) is 1. The molecule has 0 aliphatic carbocycles. The minimum atomic E-state index is -0.0718. The molecule has 0 radical (unpaired) electrons. The molecule has 3 N–H and O–H groups in total. The van der Waals surface area contributed by atoms with Crippen LogP contribution >= 0.6 is 11.3 Å². The fraction of sp³-hybridized carbons (Fsp3) is 0.188. The highest BCUT2D eigenvalue weighted by atomic mass is 32.1. The summed E-state index contributed by atoms with van der Waals surface area (Å²) in [5, 5.41) is 2.94. The maximum absolute atomic E-state index is 12.2. The van der Waals surface area contributed by atoms with Gasteiger partial charge < -0.3 is 15.6 Å². The van der Waals surface area contributed by atoms with Gasteiger partial charge in [-0.3, -0.25) is 4.79 Å². The number of nitrogen functional groups attached to an aromatic ring is 1. The summed E-state index contributed by atoms with van der Waals surface area (Å²) in [6, 6.07) is 9.50. The summed E-state index contributed by atoms with van der Waals surface area (Å²) < 4.78 is 2.05. The van der Waals surface area contributed by atoms with Crippen LogP contribution in [0.5, 0.6) is 0 Å². The molecule has 118 valence electrons. The van der Waals surface area contributed by atoms with E-state index in [0.29, 0.717) is 11.4 Å². The third-order valence-corrected chi connectivity index (χ3v) is 4.58. The van der Waals surface area contributed by atoms with E-state index in [4.69, 9.17) is 5.73 Å². The maximum atomic E-state index is 12.2. The Morgan fingerprint density at radius 2 is 2.22 bits per heavy atom. The van der Waals surface area contributed by atoms with E-state index < -0.39 is 0 Å². The van der Waals surface area contributed by atoms with Gasteiger partial charge >= 0.3 is 0 Å². The molecule has 3 heterocycles. The second-order valence-electron chi connectivity index (χ2n) is 5.08. The predicted octanol–water partition coefficient (Wildman–Crippen LogP) is 2.10. The van der Waals surface area contributed by atoms with Crippen LogP contribution in [0.2, 0.25) is 0 Å². The molecule has 23 heavy (non-hydrogen) atoms. The Balaban J connectivity index is 1.61. The second-order valence-corrected chi connectivity index (χ2v) is 6.16. The van der Waals surface area contributed by atoms with E-state index in [1.165, 1.54) is 17.0 Å². The number of carbonyl (C=O) groups excluding carboxylic acids is 1. The van der Waals surface area contributed by atoms with Gasteiger partial charge in [-0.15, -0.1) is 11.3 Å². The average Bonchev–Trinajstić information content (AvgIpc) is 3.17. The van der Waals surface area contributed by atoms with Gasteiger partial charge in [0.1, 0.15) is 0 Å². The number of aryl methyl sites for hydroxylation is 1. The molecule has 0 saturated heterocycles. The van der Waals surface area contributed by atoms with Crippen molar-refractivity contribution in [3.05, 3.63) is 53.3 Å². The molecule has 3 aromatic rings. The average molecular weight is 327 g/mol. The zero-order chi connectivity index (χ0) is 16.2. The molecule has 0 aliphatic heterocycles. The minimum Gasteiger partial charge on any atom is -0.368 e. The smallest absolute Gasteiger partial charge is 0.261 e. The summed E-state index contributed by atoms with van der Waals surface area (Å²) in [6.45, 7) is 0.602. The Hall–Kier alpha value is -2.67. The number of rotatable bonds is 5. The molecule has 3 aromatic heterocycles. The molecule has 1 amide bonds. The Labute approximate surface area is 138 Å². The van der Waals surface area contributed by atoms with Crippen molar-refractivity contribution < 1.29 is 4.79 Å². The summed E-state index contributed by atoms with van der Waals surface area (Å²) in [7, 11) is 2.00. The van der Waals surface area contributed by atoms with Crippen molar-refractivity contribution in [3.63, 3.8) is 0 Å². The van der Waals surface area contributed by atoms with Gasteiger partial charge in [0.05, 0.1) is 15.4 Å². The lowest BCUT2D eigenvalue weighted by Crippen LogP contribution is -2.25. The fourth-order valence-corrected chi connectivity index (χ4v) is 3.15. The van der Waals surface area contributed by atoms with Crippen molar-refractivity contribution in [1.82, 2.24) is 19.9 Å². The van der Waals surface area contributed by atoms with Crippen molar-refractivity contribution in [2.75, 3.05) is 12.3 Å². The Morgan fingerprint density at radius 1 is 1.35 bits per heavy atom. The molecule has 0 aliphatic rings. The molecular weight excluding hydrogens is 310 g/mol. The van der Waals surface area contributed by atoms with Crippen LogP contribution in [0.1, 0.15) is 15.4 Å². The van der Waals surface area contributed by atoms with E-state index in [1.807, 2.05) is 25.4 Å². The molecule has 0 spiro atoms. The molecule has 3 rings (SSSR count). The Morgan fingerprint density at radius 3 is 2.96 bits per heavy atom. The van der Waals surface area contributed by atoms with Gasteiger partial charge in [-0.2, -0.15) is 0 Å². The zero-order valence-corrected chi connectivity index (χ0v) is 13.5. The highest BCUT2D eigenvalue weighted by molar-refractivity contribution is 7.17. The number of hydrogen-bond acceptors (Lipinski definition) is 5. The summed E-state index contributed by atoms with van der Waals surface area (Å²) in [6.07, 6.45) is 4.41. The van der Waals surface area contributed by atoms with E-state index in [9.17, 15) is 4.79 Å². The summed E-state index contributed by atoms with van der Waals surface area (Å²) >= 11 is 1.39. The second kappa shape index (κ2) is 6.62. The van der Waals surface area contributed by atoms with E-state index in [1.54, 1.807) is 18.3 Å². The highest BCUT2D eigenvalue weighted by Crippen LogP contribution is 2.26. The van der Waals surface area contributed by atoms with Crippen LogP contribution in [0.15, 0.2) is 42.7 Å². The number of nitrogens with zero attached hydrogens (tertiary/aromatic N) is 3. The standard InChI is InChI=1S/C16H17N5OS/c1-21-10-2-3-11(21)6-8-18-15(22)14-5-4-13(23-14)12-7-9-19-16(17)20-12/h2-5,7,9-10H,6,8H2,1H3,(H,18,22)(H2,17,19,20). The minimum absolute atomic E-state index is 0.0718. The number of anilines is 1. The number of carbonyl (C=O) groups is 1. The molecule has 0 atom stereocenters. The van der Waals surface area contributed by atoms with Crippen molar-refractivity contribution in [3.8, 4) is 10.6 Å². The normalized spacial score (nSPS) is 10.7. The predicted molar refractivity (Wildman–Crippen MR) is 91.2 cm³/mol. The van der Waals surface area contributed by atoms with Crippen LogP contribution in [0, 0.1) is 0 Å². The van der Waals surface area contributed by atoms with Crippen LogP contribution < -0.4 is 11.1 Å². The van der Waals surface area contributed by atoms with Gasteiger partial charge in [0.15, 0.2) is 0 Å². The first kappa shape index (κ1) is 15.2. The van der Waals surface area contributed by atoms with E-state index >= 15 is 0 Å². The van der Waals surface area contributed by atoms with Crippen LogP contribution in [-0.2, 0) is 13.5 Å². The molecule has 6 nitrogen and oxygen atoms in total. The first-order valence-electron chi connectivity index (χ1n) is 7.20. The van der Waals surface area contributed by atoms with Crippen molar-refractivity contribution in [2.24, 2.45) is 7.05 Å². The Bertz CT molecular complexity index is 823. The van der Waals surface area contributed by atoms with Gasteiger partial charge in [0, 0.05) is 38.1 Å². The topological polar surface area (TPSA) is 85.8 Å². The SMILES string of the molecule is Cn1cccc1CCNC(=O)c1ccc(-c2ccnc(N)n2)s1. The molecular formula is C16H17N5OS. The molecule has 0 unspecified atom stereocenters. The molecule has 0 saturated carbocycles. The van der Waals surface area contributed by atoms with Crippen LogP contribution in [-0.4, -0.2) is 27.0 Å². The van der Waals surface area contributed by atoms with Gasteiger partial charge in [-0.25, -0.2) is 9.97 Å². The zero-order valence-electron chi connectivity index (χ0n) is 12.7. The van der Waals surface area contributed by atoms with Crippen LogP contribution in [0.3, 0.4) is 0 Å². The number of hydrogen-bond donors (Lipinski definition) is 2. The third-order valence-electron chi connectivity index (χ3n) is 3.47. The summed E-state index contributed by atoms with van der Waals surface area (Å²) in [5.41, 5.74) is 7.50. The van der Waals surface area contributed by atoms with E-state index in [0.717, 1.165) is 17.0 Å². The van der Waals surface area contributed by atoms with Gasteiger partial charge in [-0.1, -0.05) is 0 Å². The Kier molecular flexibility index (Phi) is 4.38. The van der Waals surface area contributed by atoms with Crippen molar-refractivity contribution in [2.45, 2.75) is 6.42 Å². The number of nitrogens with two attached hydrogens (primary N) is 1. The van der Waals surface area contributed by atoms with E-state index in [2.05, 4.69) is 25.9 Å². The molecule has 0 aromatic carbocycles. The van der Waals surface area contributed by atoms with Crippen LogP contribution in [0.25, 0.3) is 10.6 Å². The quantitative estimate of drug-likeness (QED) is 0.751. The van der Waals surface area contributed by atoms with E-state index in [-0.39, 0.29) is 11.9 Å². The van der Waals surface area contributed by atoms with Crippen LogP contribution in [0.4, 0.5) is 5.95 Å². The van der Waals surface area contributed by atoms with Crippen molar-refractivity contribution in [1.29, 1.82) is 0 Å². The fourth-order valence-electron chi connectivity index (χ4n) is 2.26. The number of aromatic nitrogens is 3. The first-order chi connectivity index (χ1) is 11.1. The number of thiophene rings is 1. The number of amides is 1. The molecule has 0 fully saturated rings. The largest absolute Gasteiger partial charge is 0.368 e. The lowest BCUT2D eigenvalue weighted by atomic mass is 10.3. The van der Waals surface area contributed by atoms with Gasteiger partial charge in [-0.05, 0) is 30.3 Å². The third kappa shape index (κ3) is 3.57. The first-order valence-corrected chi connectivity index (χ1v) is 8.02. The maximum Gasteiger partial charge on any atom is 0.261 e. The summed E-state index contributed by atoms with van der Waals surface area (Å²) in [4.78, 5) is 21.8.